The van der Waals surface area contributed by atoms with Gasteiger partial charge in [0.1, 0.15) is 21.3 Å². The molecule has 6 nitrogen and oxygen atoms in total. The number of oxime groups is 3. The summed E-state index contributed by atoms with van der Waals surface area (Å²) in [6.45, 7) is 4.16. The zero-order valence-corrected chi connectivity index (χ0v) is 17.3. The maximum absolute atomic E-state index is 5.17. The van der Waals surface area contributed by atoms with Crippen LogP contribution in [0.15, 0.2) is 45.8 Å². The fraction of sp³-hybridized carbons (Fsp3) is 0.571. The summed E-state index contributed by atoms with van der Waals surface area (Å²) in [4.78, 5) is 15.1. The molecule has 1 atom stereocenters. The predicted octanol–water partition coefficient (Wildman–Crippen LogP) is 4.84. The first-order valence-corrected chi connectivity index (χ1v) is 9.49. The van der Waals surface area contributed by atoms with Crippen LogP contribution >= 0.6 is 0 Å². The average Bonchev–Trinajstić information content (AvgIpc) is 2.69. The molecule has 0 amide bonds. The third kappa shape index (κ3) is 8.71. The van der Waals surface area contributed by atoms with Gasteiger partial charge in [-0.1, -0.05) is 59.6 Å². The van der Waals surface area contributed by atoms with E-state index in [-0.39, 0.29) is 5.92 Å². The van der Waals surface area contributed by atoms with Crippen molar-refractivity contribution in [3.8, 4) is 0 Å². The van der Waals surface area contributed by atoms with E-state index >= 15 is 0 Å². The maximum Gasteiger partial charge on any atom is 0.106 e. The Hall–Kier alpha value is -2.37. The summed E-state index contributed by atoms with van der Waals surface area (Å²) >= 11 is 0. The Morgan fingerprint density at radius 1 is 0.815 bits per heavy atom. The number of hydrogen-bond donors (Lipinski definition) is 0. The van der Waals surface area contributed by atoms with Crippen LogP contribution in [-0.2, 0) is 20.9 Å². The van der Waals surface area contributed by atoms with E-state index in [1.807, 2.05) is 6.07 Å². The lowest BCUT2D eigenvalue weighted by Gasteiger charge is -2.20. The van der Waals surface area contributed by atoms with Gasteiger partial charge >= 0.3 is 0 Å². The SMILES string of the molecule is CC/C(CC(Cc1ccccc1)/C(CC/C(CC)=N/OC)=N/OC)=N/OC. The van der Waals surface area contributed by atoms with Gasteiger partial charge in [-0.3, -0.25) is 0 Å². The molecular weight excluding hydrogens is 342 g/mol. The van der Waals surface area contributed by atoms with Gasteiger partial charge in [-0.2, -0.15) is 0 Å². The molecule has 0 aliphatic heterocycles. The van der Waals surface area contributed by atoms with E-state index in [1.54, 1.807) is 21.3 Å². The molecule has 0 aliphatic carbocycles. The van der Waals surface area contributed by atoms with E-state index in [1.165, 1.54) is 5.56 Å². The minimum Gasteiger partial charge on any atom is -0.399 e. The first-order valence-electron chi connectivity index (χ1n) is 9.49. The smallest absolute Gasteiger partial charge is 0.106 e. The van der Waals surface area contributed by atoms with E-state index in [4.69, 9.17) is 14.5 Å². The Balaban J connectivity index is 3.04. The first-order chi connectivity index (χ1) is 13.2. The second kappa shape index (κ2) is 13.8. The number of hydrogen-bond acceptors (Lipinski definition) is 6. The first kappa shape index (κ1) is 22.7. The van der Waals surface area contributed by atoms with Crippen molar-refractivity contribution in [2.24, 2.45) is 21.4 Å². The highest BCUT2D eigenvalue weighted by Crippen LogP contribution is 2.20. The van der Waals surface area contributed by atoms with Crippen LogP contribution in [0.3, 0.4) is 0 Å². The van der Waals surface area contributed by atoms with Gasteiger partial charge in [0.25, 0.3) is 0 Å². The van der Waals surface area contributed by atoms with Crippen molar-refractivity contribution in [2.45, 2.75) is 52.4 Å². The van der Waals surface area contributed by atoms with Crippen LogP contribution in [-0.4, -0.2) is 38.5 Å². The van der Waals surface area contributed by atoms with Crippen molar-refractivity contribution < 1.29 is 14.5 Å². The van der Waals surface area contributed by atoms with Gasteiger partial charge < -0.3 is 14.5 Å². The van der Waals surface area contributed by atoms with Gasteiger partial charge in [0.05, 0.1) is 17.1 Å². The summed E-state index contributed by atoms with van der Waals surface area (Å²) in [7, 11) is 4.75. The van der Waals surface area contributed by atoms with E-state index < -0.39 is 0 Å². The summed E-state index contributed by atoms with van der Waals surface area (Å²) in [5, 5.41) is 12.6. The molecule has 0 bridgehead atoms. The third-order valence-electron chi connectivity index (χ3n) is 4.41. The second-order valence-corrected chi connectivity index (χ2v) is 6.24. The van der Waals surface area contributed by atoms with Gasteiger partial charge in [0, 0.05) is 5.92 Å². The zero-order valence-electron chi connectivity index (χ0n) is 17.3. The molecule has 27 heavy (non-hydrogen) atoms. The minimum atomic E-state index is 0.182. The van der Waals surface area contributed by atoms with Crippen molar-refractivity contribution in [1.82, 2.24) is 0 Å². The summed E-state index contributed by atoms with van der Waals surface area (Å²) in [6, 6.07) is 10.4. The van der Waals surface area contributed by atoms with Gasteiger partial charge in [-0.05, 0) is 44.1 Å². The standard InChI is InChI=1S/C21H33N3O3/c1-6-19(22-25-3)13-14-21(24-27-5)18(16-20(7-2)23-26-4)15-17-11-9-8-10-12-17/h8-12,18H,6-7,13-16H2,1-5H3/b22-19+,23-20-,24-21+. The van der Waals surface area contributed by atoms with Crippen molar-refractivity contribution in [3.05, 3.63) is 35.9 Å². The molecule has 1 rings (SSSR count). The van der Waals surface area contributed by atoms with Gasteiger partial charge in [-0.15, -0.1) is 0 Å². The molecule has 6 heteroatoms. The molecular formula is C21H33N3O3. The van der Waals surface area contributed by atoms with Gasteiger partial charge in [0.2, 0.25) is 0 Å². The molecule has 1 aromatic carbocycles. The Morgan fingerprint density at radius 2 is 1.41 bits per heavy atom. The molecule has 0 N–H and O–H groups in total. The number of nitrogens with zero attached hydrogens (tertiary/aromatic N) is 3. The molecule has 0 saturated carbocycles. The van der Waals surface area contributed by atoms with E-state index in [0.29, 0.717) is 0 Å². The Labute approximate surface area is 163 Å². The zero-order chi connectivity index (χ0) is 19.9. The lowest BCUT2D eigenvalue weighted by atomic mass is 9.87. The highest BCUT2D eigenvalue weighted by atomic mass is 16.6. The molecule has 0 heterocycles. The summed E-state index contributed by atoms with van der Waals surface area (Å²) in [6.07, 6.45) is 4.90. The molecule has 1 unspecified atom stereocenters. The van der Waals surface area contributed by atoms with Crippen molar-refractivity contribution in [3.63, 3.8) is 0 Å². The second-order valence-electron chi connectivity index (χ2n) is 6.24. The normalized spacial score (nSPS) is 14.0. The molecule has 0 aromatic heterocycles. The summed E-state index contributed by atoms with van der Waals surface area (Å²) < 4.78 is 0. The fourth-order valence-electron chi connectivity index (χ4n) is 3.00. The molecule has 0 radical (unpaired) electrons. The van der Waals surface area contributed by atoms with Crippen molar-refractivity contribution in [2.75, 3.05) is 21.3 Å². The Kier molecular flexibility index (Phi) is 11.6. The van der Waals surface area contributed by atoms with Gasteiger partial charge in [0.15, 0.2) is 0 Å². The highest BCUT2D eigenvalue weighted by Gasteiger charge is 2.21. The molecule has 0 aliphatic rings. The lowest BCUT2D eigenvalue weighted by molar-refractivity contribution is 0.208. The molecule has 0 saturated heterocycles. The summed E-state index contributed by atoms with van der Waals surface area (Å²) in [5.41, 5.74) is 4.31. The predicted molar refractivity (Wildman–Crippen MR) is 111 cm³/mol. The molecule has 0 spiro atoms. The lowest BCUT2D eigenvalue weighted by Crippen LogP contribution is -2.22. The van der Waals surface area contributed by atoms with Crippen LogP contribution in [0.4, 0.5) is 0 Å². The van der Waals surface area contributed by atoms with E-state index in [0.717, 1.165) is 55.7 Å². The minimum absolute atomic E-state index is 0.182. The van der Waals surface area contributed by atoms with Crippen LogP contribution in [0, 0.1) is 5.92 Å². The van der Waals surface area contributed by atoms with Crippen LogP contribution in [0.25, 0.3) is 0 Å². The van der Waals surface area contributed by atoms with E-state index in [9.17, 15) is 0 Å². The van der Waals surface area contributed by atoms with Gasteiger partial charge in [-0.25, -0.2) is 0 Å². The fourth-order valence-corrected chi connectivity index (χ4v) is 3.00. The summed E-state index contributed by atoms with van der Waals surface area (Å²) in [5.74, 6) is 0.182. The quantitative estimate of drug-likeness (QED) is 0.366. The highest BCUT2D eigenvalue weighted by molar-refractivity contribution is 5.95. The van der Waals surface area contributed by atoms with Crippen molar-refractivity contribution in [1.29, 1.82) is 0 Å². The largest absolute Gasteiger partial charge is 0.399 e. The number of rotatable bonds is 13. The molecule has 0 fully saturated rings. The average molecular weight is 376 g/mol. The monoisotopic (exact) mass is 375 g/mol. The Morgan fingerprint density at radius 3 is 1.96 bits per heavy atom. The topological polar surface area (TPSA) is 64.8 Å². The van der Waals surface area contributed by atoms with Crippen LogP contribution < -0.4 is 0 Å². The third-order valence-corrected chi connectivity index (χ3v) is 4.41. The van der Waals surface area contributed by atoms with Crippen LogP contribution in [0.5, 0.6) is 0 Å². The van der Waals surface area contributed by atoms with Crippen molar-refractivity contribution >= 4 is 17.1 Å². The van der Waals surface area contributed by atoms with E-state index in [2.05, 4.69) is 53.6 Å². The maximum atomic E-state index is 5.17. The number of benzene rings is 1. The molecule has 150 valence electrons. The Bertz CT molecular complexity index is 612. The van der Waals surface area contributed by atoms with Crippen LogP contribution in [0.1, 0.15) is 51.5 Å². The molecule has 1 aromatic rings. The van der Waals surface area contributed by atoms with Crippen LogP contribution in [0.2, 0.25) is 0 Å².